The summed E-state index contributed by atoms with van der Waals surface area (Å²) in [5, 5.41) is 3.40. The molecule has 19 heavy (non-hydrogen) atoms. The lowest BCUT2D eigenvalue weighted by molar-refractivity contribution is -0.138. The van der Waals surface area contributed by atoms with Gasteiger partial charge in [-0.05, 0) is 32.2 Å². The number of likely N-dealkylation sites (tertiary alicyclic amines) is 1. The van der Waals surface area contributed by atoms with Crippen LogP contribution in [0.25, 0.3) is 0 Å². The van der Waals surface area contributed by atoms with Crippen molar-refractivity contribution in [2.24, 2.45) is 11.8 Å². The predicted octanol–water partition coefficient (Wildman–Crippen LogP) is 3.05. The molecule has 1 aliphatic rings. The van der Waals surface area contributed by atoms with Gasteiger partial charge >= 0.3 is 0 Å². The number of hydrogen-bond acceptors (Lipinski definition) is 2. The average Bonchev–Trinajstić information content (AvgIpc) is 2.46. The van der Waals surface area contributed by atoms with Gasteiger partial charge in [0.1, 0.15) is 0 Å². The maximum atomic E-state index is 12.6. The first-order chi connectivity index (χ1) is 9.17. The summed E-state index contributed by atoms with van der Waals surface area (Å²) in [4.78, 5) is 14.7. The molecule has 0 saturated carbocycles. The van der Waals surface area contributed by atoms with Gasteiger partial charge < -0.3 is 10.2 Å². The fraction of sp³-hybridized carbons (Fsp3) is 0.938. The average molecular weight is 268 g/mol. The normalized spacial score (nSPS) is 25.4. The predicted molar refractivity (Wildman–Crippen MR) is 81.1 cm³/mol. The number of unbranched alkanes of at least 4 members (excludes halogenated alkanes) is 1. The van der Waals surface area contributed by atoms with Gasteiger partial charge in [0, 0.05) is 25.0 Å². The first-order valence-corrected chi connectivity index (χ1v) is 8.13. The fourth-order valence-corrected chi connectivity index (χ4v) is 3.24. The van der Waals surface area contributed by atoms with E-state index in [1.807, 2.05) is 7.05 Å². The zero-order chi connectivity index (χ0) is 14.3. The van der Waals surface area contributed by atoms with E-state index in [1.165, 1.54) is 12.8 Å². The summed E-state index contributed by atoms with van der Waals surface area (Å²) in [6, 6.07) is 0.588. The Morgan fingerprint density at radius 3 is 2.63 bits per heavy atom. The van der Waals surface area contributed by atoms with Crippen LogP contribution in [0, 0.1) is 11.8 Å². The molecular formula is C16H32N2O. The van der Waals surface area contributed by atoms with E-state index in [2.05, 4.69) is 31.0 Å². The number of nitrogens with zero attached hydrogens (tertiary/aromatic N) is 1. The van der Waals surface area contributed by atoms with Crippen LogP contribution in [0.15, 0.2) is 0 Å². The number of nitrogens with one attached hydrogen (secondary N) is 1. The summed E-state index contributed by atoms with van der Waals surface area (Å²) in [6.07, 6.45) is 6.67. The summed E-state index contributed by atoms with van der Waals surface area (Å²) in [7, 11) is 2.04. The molecule has 3 nitrogen and oxygen atoms in total. The summed E-state index contributed by atoms with van der Waals surface area (Å²) in [5.74, 6) is 1.28. The molecule has 1 saturated heterocycles. The minimum absolute atomic E-state index is 0.253. The Hall–Kier alpha value is -0.570. The van der Waals surface area contributed by atoms with Gasteiger partial charge in [-0.15, -0.1) is 0 Å². The zero-order valence-corrected chi connectivity index (χ0v) is 13.2. The molecule has 0 aliphatic carbocycles. The Kier molecular flexibility index (Phi) is 7.44. The number of hydrogen-bond donors (Lipinski definition) is 1. The Morgan fingerprint density at radius 2 is 2.11 bits per heavy atom. The van der Waals surface area contributed by atoms with Gasteiger partial charge in [0.15, 0.2) is 0 Å². The molecule has 112 valence electrons. The van der Waals surface area contributed by atoms with E-state index < -0.39 is 0 Å². The molecule has 1 fully saturated rings. The molecule has 0 spiro atoms. The molecule has 3 atom stereocenters. The molecule has 0 bridgehead atoms. The van der Waals surface area contributed by atoms with E-state index in [0.29, 0.717) is 17.9 Å². The lowest BCUT2D eigenvalue weighted by Gasteiger charge is -2.39. The van der Waals surface area contributed by atoms with Crippen molar-refractivity contribution in [1.82, 2.24) is 10.2 Å². The van der Waals surface area contributed by atoms with Crippen LogP contribution < -0.4 is 5.32 Å². The molecular weight excluding hydrogens is 236 g/mol. The van der Waals surface area contributed by atoms with E-state index in [4.69, 9.17) is 0 Å². The number of amides is 1. The molecule has 1 aliphatic heterocycles. The van der Waals surface area contributed by atoms with Gasteiger partial charge in [0.05, 0.1) is 0 Å². The van der Waals surface area contributed by atoms with Crippen LogP contribution in [-0.2, 0) is 4.79 Å². The lowest BCUT2D eigenvalue weighted by Crippen LogP contribution is -2.51. The van der Waals surface area contributed by atoms with Crippen molar-refractivity contribution in [3.8, 4) is 0 Å². The third-order valence-electron chi connectivity index (χ3n) is 4.69. The highest BCUT2D eigenvalue weighted by molar-refractivity contribution is 5.78. The number of carbonyl (C=O) groups is 1. The van der Waals surface area contributed by atoms with Crippen LogP contribution in [0.2, 0.25) is 0 Å². The highest BCUT2D eigenvalue weighted by Crippen LogP contribution is 2.23. The van der Waals surface area contributed by atoms with Crippen LogP contribution in [0.5, 0.6) is 0 Å². The summed E-state index contributed by atoms with van der Waals surface area (Å²) in [6.45, 7) is 8.46. The van der Waals surface area contributed by atoms with Crippen LogP contribution in [0.1, 0.15) is 59.3 Å². The van der Waals surface area contributed by atoms with E-state index in [0.717, 1.165) is 38.8 Å². The Morgan fingerprint density at radius 1 is 1.37 bits per heavy atom. The molecule has 0 aromatic carbocycles. The van der Waals surface area contributed by atoms with Crippen LogP contribution >= 0.6 is 0 Å². The second-order valence-electron chi connectivity index (χ2n) is 5.88. The molecule has 1 rings (SSSR count). The molecule has 1 heterocycles. The van der Waals surface area contributed by atoms with E-state index in [-0.39, 0.29) is 5.92 Å². The molecule has 3 heteroatoms. The minimum atomic E-state index is 0.253. The van der Waals surface area contributed by atoms with E-state index >= 15 is 0 Å². The summed E-state index contributed by atoms with van der Waals surface area (Å²) < 4.78 is 0. The number of piperidine rings is 1. The third kappa shape index (κ3) is 4.48. The SMILES string of the molecule is CCCCC(CC)C(=O)N1CCC(NC)C(CC)C1. The van der Waals surface area contributed by atoms with Gasteiger partial charge in [-0.3, -0.25) is 4.79 Å². The molecule has 3 unspecified atom stereocenters. The maximum absolute atomic E-state index is 12.6. The Balaban J connectivity index is 2.56. The quantitative estimate of drug-likeness (QED) is 0.769. The molecule has 0 radical (unpaired) electrons. The minimum Gasteiger partial charge on any atom is -0.342 e. The van der Waals surface area contributed by atoms with E-state index in [1.54, 1.807) is 0 Å². The highest BCUT2D eigenvalue weighted by atomic mass is 16.2. The first-order valence-electron chi connectivity index (χ1n) is 8.13. The third-order valence-corrected chi connectivity index (χ3v) is 4.69. The van der Waals surface area contributed by atoms with Gasteiger partial charge in [0.25, 0.3) is 0 Å². The summed E-state index contributed by atoms with van der Waals surface area (Å²) in [5.41, 5.74) is 0. The largest absolute Gasteiger partial charge is 0.342 e. The van der Waals surface area contributed by atoms with Crippen molar-refractivity contribution in [2.45, 2.75) is 65.3 Å². The molecule has 0 aromatic heterocycles. The molecule has 1 amide bonds. The van der Waals surface area contributed by atoms with Gasteiger partial charge in [-0.2, -0.15) is 0 Å². The van der Waals surface area contributed by atoms with Crippen molar-refractivity contribution < 1.29 is 4.79 Å². The monoisotopic (exact) mass is 268 g/mol. The van der Waals surface area contributed by atoms with Crippen molar-refractivity contribution in [1.29, 1.82) is 0 Å². The van der Waals surface area contributed by atoms with Gasteiger partial charge in [0.2, 0.25) is 5.91 Å². The van der Waals surface area contributed by atoms with Gasteiger partial charge in [-0.25, -0.2) is 0 Å². The van der Waals surface area contributed by atoms with Crippen molar-refractivity contribution in [3.63, 3.8) is 0 Å². The fourth-order valence-electron chi connectivity index (χ4n) is 3.24. The topological polar surface area (TPSA) is 32.3 Å². The molecule has 1 N–H and O–H groups in total. The number of carbonyl (C=O) groups excluding carboxylic acids is 1. The van der Waals surface area contributed by atoms with Crippen LogP contribution in [0.3, 0.4) is 0 Å². The van der Waals surface area contributed by atoms with Crippen LogP contribution in [-0.4, -0.2) is 37.0 Å². The van der Waals surface area contributed by atoms with Crippen molar-refractivity contribution >= 4 is 5.91 Å². The lowest BCUT2D eigenvalue weighted by atomic mass is 9.88. The first kappa shape index (κ1) is 16.5. The van der Waals surface area contributed by atoms with E-state index in [9.17, 15) is 4.79 Å². The second-order valence-corrected chi connectivity index (χ2v) is 5.88. The van der Waals surface area contributed by atoms with Crippen LogP contribution in [0.4, 0.5) is 0 Å². The zero-order valence-electron chi connectivity index (χ0n) is 13.2. The second kappa shape index (κ2) is 8.57. The summed E-state index contributed by atoms with van der Waals surface area (Å²) >= 11 is 0. The standard InChI is InChI=1S/C16H32N2O/c1-5-8-9-13(6-2)16(19)18-11-10-15(17-4)14(7-3)12-18/h13-15,17H,5-12H2,1-4H3. The van der Waals surface area contributed by atoms with Crippen molar-refractivity contribution in [2.75, 3.05) is 20.1 Å². The Bertz CT molecular complexity index is 267. The Labute approximate surface area is 119 Å². The highest BCUT2D eigenvalue weighted by Gasteiger charge is 2.31. The molecule has 0 aromatic rings. The number of rotatable bonds is 7. The smallest absolute Gasteiger partial charge is 0.225 e. The maximum Gasteiger partial charge on any atom is 0.225 e. The van der Waals surface area contributed by atoms with Crippen molar-refractivity contribution in [3.05, 3.63) is 0 Å². The van der Waals surface area contributed by atoms with Gasteiger partial charge in [-0.1, -0.05) is 40.0 Å².